The minimum absolute atomic E-state index is 0.0164. The number of amides is 1. The first-order valence-corrected chi connectivity index (χ1v) is 10.4. The summed E-state index contributed by atoms with van der Waals surface area (Å²) in [4.78, 5) is 22.1. The van der Waals surface area contributed by atoms with Crippen LogP contribution in [0.3, 0.4) is 0 Å². The molecule has 1 saturated heterocycles. The van der Waals surface area contributed by atoms with Crippen molar-refractivity contribution in [3.63, 3.8) is 0 Å². The van der Waals surface area contributed by atoms with Crippen LogP contribution in [0.15, 0.2) is 36.4 Å². The van der Waals surface area contributed by atoms with E-state index < -0.39 is 6.29 Å². The SMILES string of the molecule is Cc1cccc(CC2C(=O)NC(Nc3nc(C)c4cc(C)cc(C)c4n3)NC2C)c1. The van der Waals surface area contributed by atoms with Gasteiger partial charge in [-0.25, -0.2) is 9.97 Å². The zero-order chi connectivity index (χ0) is 21.4. The Morgan fingerprint density at radius 3 is 2.57 bits per heavy atom. The predicted molar refractivity (Wildman–Crippen MR) is 120 cm³/mol. The molecule has 6 nitrogen and oxygen atoms in total. The highest BCUT2D eigenvalue weighted by molar-refractivity contribution is 5.85. The average Bonchev–Trinajstić information content (AvgIpc) is 2.66. The summed E-state index contributed by atoms with van der Waals surface area (Å²) in [6, 6.07) is 12.6. The van der Waals surface area contributed by atoms with Crippen LogP contribution in [0.4, 0.5) is 5.95 Å². The van der Waals surface area contributed by atoms with E-state index in [2.05, 4.69) is 72.0 Å². The number of nitrogens with zero attached hydrogens (tertiary/aromatic N) is 2. The first kappa shape index (κ1) is 20.3. The minimum Gasteiger partial charge on any atom is -0.323 e. The number of hydrogen-bond donors (Lipinski definition) is 3. The van der Waals surface area contributed by atoms with E-state index in [1.54, 1.807) is 0 Å². The number of nitrogens with one attached hydrogen (secondary N) is 3. The summed E-state index contributed by atoms with van der Waals surface area (Å²) in [6.45, 7) is 10.2. The second kappa shape index (κ2) is 8.03. The highest BCUT2D eigenvalue weighted by Gasteiger charge is 2.33. The molecule has 3 aromatic rings. The van der Waals surface area contributed by atoms with Crippen molar-refractivity contribution in [2.75, 3.05) is 5.32 Å². The van der Waals surface area contributed by atoms with Crippen molar-refractivity contribution in [3.05, 3.63) is 64.3 Å². The lowest BCUT2D eigenvalue weighted by Crippen LogP contribution is -2.63. The molecule has 2 heterocycles. The number of hydrogen-bond acceptors (Lipinski definition) is 5. The van der Waals surface area contributed by atoms with Crippen molar-refractivity contribution in [3.8, 4) is 0 Å². The smallest absolute Gasteiger partial charge is 0.227 e. The van der Waals surface area contributed by atoms with Gasteiger partial charge in [-0.1, -0.05) is 41.5 Å². The third kappa shape index (κ3) is 4.14. The number of carbonyl (C=O) groups is 1. The van der Waals surface area contributed by atoms with Gasteiger partial charge in [-0.3, -0.25) is 10.1 Å². The molecule has 3 atom stereocenters. The van der Waals surface area contributed by atoms with E-state index in [0.717, 1.165) is 22.2 Å². The van der Waals surface area contributed by atoms with Gasteiger partial charge in [0.25, 0.3) is 0 Å². The molecule has 3 unspecified atom stereocenters. The summed E-state index contributed by atoms with van der Waals surface area (Å²) in [6.07, 6.45) is 0.294. The van der Waals surface area contributed by atoms with Crippen molar-refractivity contribution in [1.29, 1.82) is 0 Å². The van der Waals surface area contributed by atoms with Crippen LogP contribution in [-0.4, -0.2) is 28.2 Å². The largest absolute Gasteiger partial charge is 0.323 e. The normalized spacial score (nSPS) is 21.5. The van der Waals surface area contributed by atoms with Gasteiger partial charge < -0.3 is 10.6 Å². The first-order valence-electron chi connectivity index (χ1n) is 10.4. The molecule has 1 aliphatic rings. The van der Waals surface area contributed by atoms with Gasteiger partial charge in [0.05, 0.1) is 17.1 Å². The van der Waals surface area contributed by atoms with E-state index in [1.807, 2.05) is 19.9 Å². The second-order valence-corrected chi connectivity index (χ2v) is 8.45. The molecular weight excluding hydrogens is 374 g/mol. The van der Waals surface area contributed by atoms with Gasteiger partial charge in [0.1, 0.15) is 0 Å². The van der Waals surface area contributed by atoms with E-state index >= 15 is 0 Å². The number of aryl methyl sites for hydroxylation is 4. The summed E-state index contributed by atoms with van der Waals surface area (Å²) in [7, 11) is 0. The average molecular weight is 404 g/mol. The fraction of sp³-hybridized carbons (Fsp3) is 0.375. The van der Waals surface area contributed by atoms with Gasteiger partial charge in [0.15, 0.2) is 6.29 Å². The molecule has 1 fully saturated rings. The number of aromatic nitrogens is 2. The van der Waals surface area contributed by atoms with Crippen LogP contribution in [0.25, 0.3) is 10.9 Å². The third-order valence-corrected chi connectivity index (χ3v) is 5.79. The topological polar surface area (TPSA) is 78.9 Å². The molecule has 156 valence electrons. The lowest BCUT2D eigenvalue weighted by atomic mass is 9.90. The maximum absolute atomic E-state index is 12.8. The van der Waals surface area contributed by atoms with Crippen LogP contribution >= 0.6 is 0 Å². The molecule has 0 saturated carbocycles. The highest BCUT2D eigenvalue weighted by atomic mass is 16.2. The molecule has 1 aromatic heterocycles. The molecule has 1 amide bonds. The summed E-state index contributed by atoms with van der Waals surface area (Å²) in [5.41, 5.74) is 6.55. The molecule has 0 spiro atoms. The fourth-order valence-electron chi connectivity index (χ4n) is 4.27. The summed E-state index contributed by atoms with van der Waals surface area (Å²) >= 11 is 0. The number of anilines is 1. The first-order chi connectivity index (χ1) is 14.3. The highest BCUT2D eigenvalue weighted by Crippen LogP contribution is 2.23. The number of fused-ring (bicyclic) bond motifs is 1. The van der Waals surface area contributed by atoms with Crippen molar-refractivity contribution in [1.82, 2.24) is 20.6 Å². The maximum Gasteiger partial charge on any atom is 0.227 e. The van der Waals surface area contributed by atoms with E-state index in [1.165, 1.54) is 16.7 Å². The van der Waals surface area contributed by atoms with E-state index in [4.69, 9.17) is 4.98 Å². The Labute approximate surface area is 177 Å². The van der Waals surface area contributed by atoms with Crippen molar-refractivity contribution >= 4 is 22.8 Å². The second-order valence-electron chi connectivity index (χ2n) is 8.45. The Balaban J connectivity index is 1.50. The Morgan fingerprint density at radius 1 is 1.03 bits per heavy atom. The van der Waals surface area contributed by atoms with Gasteiger partial charge in [0, 0.05) is 11.4 Å². The lowest BCUT2D eigenvalue weighted by Gasteiger charge is -2.36. The standard InChI is InChI=1S/C24H29N5O/c1-13-7-6-8-18(10-13)12-20-17(5)26-24(28-22(20)30)29-23-25-16(4)19-11-14(2)9-15(3)21(19)27-23/h6-11,17,20,24,26H,12H2,1-5H3,(H,28,30)(H,25,27,29). The lowest BCUT2D eigenvalue weighted by molar-refractivity contribution is -0.128. The zero-order valence-electron chi connectivity index (χ0n) is 18.2. The van der Waals surface area contributed by atoms with Gasteiger partial charge in [-0.05, 0) is 58.2 Å². The molecule has 0 radical (unpaired) electrons. The predicted octanol–water partition coefficient (Wildman–Crippen LogP) is 3.53. The summed E-state index contributed by atoms with van der Waals surface area (Å²) < 4.78 is 0. The number of benzene rings is 2. The van der Waals surface area contributed by atoms with Crippen LogP contribution in [-0.2, 0) is 11.2 Å². The van der Waals surface area contributed by atoms with E-state index in [0.29, 0.717) is 12.4 Å². The Kier molecular flexibility index (Phi) is 5.43. The van der Waals surface area contributed by atoms with Crippen LogP contribution < -0.4 is 16.0 Å². The van der Waals surface area contributed by atoms with Gasteiger partial charge in [0.2, 0.25) is 11.9 Å². The monoisotopic (exact) mass is 403 g/mol. The minimum atomic E-state index is -0.413. The maximum atomic E-state index is 12.8. The Morgan fingerprint density at radius 2 is 1.83 bits per heavy atom. The molecule has 0 aliphatic carbocycles. The van der Waals surface area contributed by atoms with Crippen molar-refractivity contribution in [2.45, 2.75) is 53.4 Å². The zero-order valence-corrected chi connectivity index (χ0v) is 18.2. The molecular formula is C24H29N5O. The Bertz CT molecular complexity index is 1110. The molecule has 0 bridgehead atoms. The van der Waals surface area contributed by atoms with Crippen LogP contribution in [0.5, 0.6) is 0 Å². The molecule has 1 aliphatic heterocycles. The fourth-order valence-corrected chi connectivity index (χ4v) is 4.27. The van der Waals surface area contributed by atoms with Crippen LogP contribution in [0.2, 0.25) is 0 Å². The van der Waals surface area contributed by atoms with Crippen molar-refractivity contribution < 1.29 is 4.79 Å². The molecule has 4 rings (SSSR count). The number of carbonyl (C=O) groups excluding carboxylic acids is 1. The van der Waals surface area contributed by atoms with Crippen molar-refractivity contribution in [2.24, 2.45) is 5.92 Å². The van der Waals surface area contributed by atoms with Gasteiger partial charge in [-0.15, -0.1) is 0 Å². The van der Waals surface area contributed by atoms with Crippen LogP contribution in [0, 0.1) is 33.6 Å². The van der Waals surface area contributed by atoms with E-state index in [-0.39, 0.29) is 17.9 Å². The summed E-state index contributed by atoms with van der Waals surface area (Å²) in [5, 5.41) is 10.8. The summed E-state index contributed by atoms with van der Waals surface area (Å²) in [5.74, 6) is 0.410. The molecule has 3 N–H and O–H groups in total. The van der Waals surface area contributed by atoms with Crippen LogP contribution in [0.1, 0.15) is 34.9 Å². The quantitative estimate of drug-likeness (QED) is 0.621. The molecule has 2 aromatic carbocycles. The number of rotatable bonds is 4. The van der Waals surface area contributed by atoms with Gasteiger partial charge >= 0.3 is 0 Å². The van der Waals surface area contributed by atoms with Gasteiger partial charge in [-0.2, -0.15) is 0 Å². The molecule has 6 heteroatoms. The molecule has 30 heavy (non-hydrogen) atoms. The van der Waals surface area contributed by atoms with E-state index in [9.17, 15) is 4.79 Å². The Hall–Kier alpha value is -2.99. The third-order valence-electron chi connectivity index (χ3n) is 5.79.